The van der Waals surface area contributed by atoms with Crippen molar-refractivity contribution in [1.29, 1.82) is 0 Å². The molecule has 24 heavy (non-hydrogen) atoms. The van der Waals surface area contributed by atoms with Crippen molar-refractivity contribution in [3.8, 4) is 0 Å². The topological polar surface area (TPSA) is 84.2 Å². The molecular formula is C18H19N3O2S. The van der Waals surface area contributed by atoms with E-state index in [4.69, 9.17) is 5.73 Å². The first-order chi connectivity index (χ1) is 11.6. The predicted molar refractivity (Wildman–Crippen MR) is 95.7 cm³/mol. The highest BCUT2D eigenvalue weighted by molar-refractivity contribution is 7.99. The van der Waals surface area contributed by atoms with Gasteiger partial charge in [-0.3, -0.25) is 14.9 Å². The third kappa shape index (κ3) is 3.44. The normalized spacial score (nSPS) is 21.3. The molecule has 0 radical (unpaired) electrons. The summed E-state index contributed by atoms with van der Waals surface area (Å²) in [6.07, 6.45) is 0. The Bertz CT molecular complexity index is 751. The Morgan fingerprint density at radius 3 is 2.54 bits per heavy atom. The van der Waals surface area contributed by atoms with Crippen LogP contribution in [0.3, 0.4) is 0 Å². The van der Waals surface area contributed by atoms with Crippen LogP contribution in [-0.2, 0) is 9.59 Å². The van der Waals surface area contributed by atoms with E-state index in [0.29, 0.717) is 0 Å². The molecule has 4 N–H and O–H groups in total. The number of nitrogens with one attached hydrogen (secondary N) is 2. The van der Waals surface area contributed by atoms with Gasteiger partial charge in [-0.15, -0.1) is 11.8 Å². The predicted octanol–water partition coefficient (Wildman–Crippen LogP) is 2.30. The number of benzene rings is 2. The number of fused-ring (bicyclic) bond motifs is 1. The number of para-hydroxylation sites is 1. The van der Waals surface area contributed by atoms with E-state index >= 15 is 0 Å². The molecule has 2 amide bonds. The molecule has 0 saturated carbocycles. The number of carbonyl (C=O) groups is 2. The summed E-state index contributed by atoms with van der Waals surface area (Å²) in [5.74, 6) is -0.657. The number of anilines is 1. The fourth-order valence-electron chi connectivity index (χ4n) is 2.64. The van der Waals surface area contributed by atoms with Gasteiger partial charge in [0.15, 0.2) is 0 Å². The number of carbonyl (C=O) groups excluding carboxylic acids is 2. The minimum Gasteiger partial charge on any atom is -0.368 e. The number of nitrogens with two attached hydrogens (primary N) is 1. The van der Waals surface area contributed by atoms with Gasteiger partial charge >= 0.3 is 0 Å². The first-order valence-electron chi connectivity index (χ1n) is 7.73. The summed E-state index contributed by atoms with van der Waals surface area (Å²) in [5, 5.41) is 5.86. The van der Waals surface area contributed by atoms with Gasteiger partial charge < -0.3 is 11.1 Å². The van der Waals surface area contributed by atoms with Crippen molar-refractivity contribution < 1.29 is 9.59 Å². The van der Waals surface area contributed by atoms with Crippen molar-refractivity contribution in [3.05, 3.63) is 60.2 Å². The van der Waals surface area contributed by atoms with Crippen LogP contribution in [0.5, 0.6) is 0 Å². The Morgan fingerprint density at radius 2 is 1.83 bits per heavy atom. The van der Waals surface area contributed by atoms with Crippen molar-refractivity contribution in [2.75, 3.05) is 5.32 Å². The van der Waals surface area contributed by atoms with Gasteiger partial charge in [-0.05, 0) is 24.6 Å². The van der Waals surface area contributed by atoms with E-state index in [1.165, 1.54) is 0 Å². The zero-order chi connectivity index (χ0) is 17.1. The Labute approximate surface area is 145 Å². The summed E-state index contributed by atoms with van der Waals surface area (Å²) in [7, 11) is 0. The molecule has 5 nitrogen and oxygen atoms in total. The van der Waals surface area contributed by atoms with E-state index in [9.17, 15) is 9.59 Å². The van der Waals surface area contributed by atoms with E-state index in [1.807, 2.05) is 54.6 Å². The van der Waals surface area contributed by atoms with Crippen LogP contribution in [0.25, 0.3) is 0 Å². The highest BCUT2D eigenvalue weighted by Gasteiger charge is 2.35. The second-order valence-corrected chi connectivity index (χ2v) is 6.89. The van der Waals surface area contributed by atoms with Crippen LogP contribution in [0.2, 0.25) is 0 Å². The van der Waals surface area contributed by atoms with Gasteiger partial charge in [0.05, 0.1) is 17.0 Å². The summed E-state index contributed by atoms with van der Waals surface area (Å²) in [5.41, 5.74) is 7.17. The van der Waals surface area contributed by atoms with Crippen molar-refractivity contribution in [1.82, 2.24) is 5.32 Å². The van der Waals surface area contributed by atoms with Crippen LogP contribution in [0.1, 0.15) is 17.7 Å². The quantitative estimate of drug-likeness (QED) is 0.797. The van der Waals surface area contributed by atoms with Gasteiger partial charge in [0.25, 0.3) is 0 Å². The number of rotatable bonds is 4. The summed E-state index contributed by atoms with van der Waals surface area (Å²) < 4.78 is 0. The molecule has 1 aliphatic heterocycles. The van der Waals surface area contributed by atoms with E-state index in [2.05, 4.69) is 10.6 Å². The van der Waals surface area contributed by atoms with Gasteiger partial charge in [-0.25, -0.2) is 0 Å². The molecular weight excluding hydrogens is 322 g/mol. The first kappa shape index (κ1) is 16.5. The summed E-state index contributed by atoms with van der Waals surface area (Å²) >= 11 is 1.60. The Kier molecular flexibility index (Phi) is 4.87. The third-order valence-electron chi connectivity index (χ3n) is 3.97. The Hall–Kier alpha value is -2.31. The van der Waals surface area contributed by atoms with Crippen molar-refractivity contribution >= 4 is 29.3 Å². The maximum atomic E-state index is 12.8. The van der Waals surface area contributed by atoms with Gasteiger partial charge in [-0.2, -0.15) is 0 Å². The van der Waals surface area contributed by atoms with Crippen LogP contribution >= 0.6 is 11.8 Å². The number of amides is 2. The minimum absolute atomic E-state index is 0.170. The Morgan fingerprint density at radius 1 is 1.17 bits per heavy atom. The van der Waals surface area contributed by atoms with Gasteiger partial charge in [-0.1, -0.05) is 42.5 Å². The average molecular weight is 341 g/mol. The largest absolute Gasteiger partial charge is 0.368 e. The van der Waals surface area contributed by atoms with E-state index in [0.717, 1.165) is 16.1 Å². The van der Waals surface area contributed by atoms with Gasteiger partial charge in [0.1, 0.15) is 6.04 Å². The van der Waals surface area contributed by atoms with Crippen LogP contribution in [-0.4, -0.2) is 23.9 Å². The average Bonchev–Trinajstić information content (AvgIpc) is 2.72. The van der Waals surface area contributed by atoms with Gasteiger partial charge in [0, 0.05) is 4.90 Å². The smallest absolute Gasteiger partial charge is 0.243 e. The molecule has 3 rings (SSSR count). The Balaban J connectivity index is 2.00. The molecule has 0 aliphatic carbocycles. The molecule has 0 aromatic heterocycles. The molecule has 3 atom stereocenters. The van der Waals surface area contributed by atoms with E-state index in [1.54, 1.807) is 18.7 Å². The summed E-state index contributed by atoms with van der Waals surface area (Å²) in [4.78, 5) is 25.2. The molecule has 0 spiro atoms. The fraction of sp³-hybridized carbons (Fsp3) is 0.222. The van der Waals surface area contributed by atoms with Crippen molar-refractivity contribution in [2.45, 2.75) is 29.2 Å². The molecule has 6 heteroatoms. The molecule has 1 heterocycles. The highest BCUT2D eigenvalue weighted by atomic mass is 32.2. The maximum Gasteiger partial charge on any atom is 0.243 e. The molecule has 2 aromatic carbocycles. The zero-order valence-electron chi connectivity index (χ0n) is 13.2. The number of primary amides is 1. The lowest BCUT2D eigenvalue weighted by Crippen LogP contribution is -2.51. The molecule has 0 saturated heterocycles. The SMILES string of the molecule is C[C@H](N[C@H]1C(=O)Nc2ccccc2S[C@H]1c1ccccc1)C(N)=O. The third-order valence-corrected chi connectivity index (χ3v) is 5.38. The molecule has 0 unspecified atom stereocenters. The van der Waals surface area contributed by atoms with Crippen molar-refractivity contribution in [3.63, 3.8) is 0 Å². The van der Waals surface area contributed by atoms with Crippen LogP contribution in [0.4, 0.5) is 5.69 Å². The summed E-state index contributed by atoms with van der Waals surface area (Å²) in [6.45, 7) is 1.67. The standard InChI is InChI=1S/C18H19N3O2S/c1-11(17(19)22)20-15-16(12-7-3-2-4-8-12)24-14-10-6-5-9-13(14)21-18(15)23/h2-11,15-16,20H,1H3,(H2,19,22)(H,21,23)/t11-,15+,16-/m0/s1. The first-order valence-corrected chi connectivity index (χ1v) is 8.61. The second kappa shape index (κ2) is 7.07. The molecule has 2 aromatic rings. The fourth-order valence-corrected chi connectivity index (χ4v) is 3.95. The lowest BCUT2D eigenvalue weighted by molar-refractivity contribution is -0.121. The van der Waals surface area contributed by atoms with Crippen molar-refractivity contribution in [2.24, 2.45) is 5.73 Å². The molecule has 124 valence electrons. The summed E-state index contributed by atoms with van der Waals surface area (Å²) in [6, 6.07) is 16.3. The van der Waals surface area contributed by atoms with Gasteiger partial charge in [0.2, 0.25) is 11.8 Å². The zero-order valence-corrected chi connectivity index (χ0v) is 14.0. The minimum atomic E-state index is -0.603. The van der Waals surface area contributed by atoms with Crippen LogP contribution < -0.4 is 16.4 Å². The van der Waals surface area contributed by atoms with E-state index in [-0.39, 0.29) is 11.2 Å². The second-order valence-electron chi connectivity index (χ2n) is 5.70. The maximum absolute atomic E-state index is 12.8. The molecule has 1 aliphatic rings. The highest BCUT2D eigenvalue weighted by Crippen LogP contribution is 2.43. The molecule has 0 fully saturated rings. The van der Waals surface area contributed by atoms with Crippen LogP contribution in [0, 0.1) is 0 Å². The number of hydrogen-bond acceptors (Lipinski definition) is 4. The number of hydrogen-bond donors (Lipinski definition) is 3. The number of thioether (sulfide) groups is 1. The van der Waals surface area contributed by atoms with Crippen LogP contribution in [0.15, 0.2) is 59.5 Å². The molecule has 0 bridgehead atoms. The monoisotopic (exact) mass is 341 g/mol. The lowest BCUT2D eigenvalue weighted by atomic mass is 10.0. The van der Waals surface area contributed by atoms with E-state index < -0.39 is 18.0 Å². The lowest BCUT2D eigenvalue weighted by Gasteiger charge is -2.26.